The maximum atomic E-state index is 12.8. The first-order valence-corrected chi connectivity index (χ1v) is 11.6. The molecule has 198 valence electrons. The normalized spacial score (nSPS) is 14.6. The molecule has 0 fully saturated rings. The zero-order valence-electron chi connectivity index (χ0n) is 20.6. The van der Waals surface area contributed by atoms with Gasteiger partial charge in [-0.3, -0.25) is 4.79 Å². The zero-order valence-corrected chi connectivity index (χ0v) is 20.6. The standard InChI is InChI=1S/C25H28F3N5O4/c1-14-30-23(15-4-6-16(7-5-15)25(26,27)28)32-33(14)9-8-24(2,3)29-12-20(35)18-10-17(34)11-19-22(18)37-13-21(36)31-19/h4-7,10-11,20,29,34-35H,8-9,12-13H2,1-3H3,(H,31,36). The van der Waals surface area contributed by atoms with Crippen molar-refractivity contribution in [1.29, 1.82) is 0 Å². The number of anilines is 1. The molecule has 1 aliphatic heterocycles. The van der Waals surface area contributed by atoms with Crippen LogP contribution in [0, 0.1) is 6.92 Å². The van der Waals surface area contributed by atoms with Crippen molar-refractivity contribution in [3.05, 3.63) is 53.3 Å². The summed E-state index contributed by atoms with van der Waals surface area (Å²) in [6.45, 7) is 6.13. The summed E-state index contributed by atoms with van der Waals surface area (Å²) in [5.74, 6) is 0.828. The van der Waals surface area contributed by atoms with Crippen molar-refractivity contribution in [2.75, 3.05) is 18.5 Å². The van der Waals surface area contributed by atoms with Crippen molar-refractivity contribution in [3.8, 4) is 22.9 Å². The van der Waals surface area contributed by atoms with Crippen LogP contribution in [0.4, 0.5) is 18.9 Å². The molecule has 0 radical (unpaired) electrons. The Labute approximate surface area is 211 Å². The third-order valence-corrected chi connectivity index (χ3v) is 6.13. The number of carbonyl (C=O) groups excluding carboxylic acids is 1. The third kappa shape index (κ3) is 6.20. The minimum atomic E-state index is -4.41. The predicted octanol–water partition coefficient (Wildman–Crippen LogP) is 3.80. The number of aryl methyl sites for hydroxylation is 2. The lowest BCUT2D eigenvalue weighted by Gasteiger charge is -2.29. The van der Waals surface area contributed by atoms with Gasteiger partial charge >= 0.3 is 6.18 Å². The van der Waals surface area contributed by atoms with Crippen LogP contribution in [0.25, 0.3) is 11.4 Å². The number of alkyl halides is 3. The van der Waals surface area contributed by atoms with Crippen molar-refractivity contribution in [2.24, 2.45) is 0 Å². The third-order valence-electron chi connectivity index (χ3n) is 6.13. The molecule has 0 saturated carbocycles. The van der Waals surface area contributed by atoms with E-state index >= 15 is 0 Å². The summed E-state index contributed by atoms with van der Waals surface area (Å²) in [4.78, 5) is 16.0. The number of phenols is 1. The Morgan fingerprint density at radius 1 is 1.22 bits per heavy atom. The van der Waals surface area contributed by atoms with E-state index in [-0.39, 0.29) is 24.8 Å². The number of hydrogen-bond acceptors (Lipinski definition) is 7. The fourth-order valence-electron chi connectivity index (χ4n) is 3.98. The summed E-state index contributed by atoms with van der Waals surface area (Å²) in [6, 6.07) is 7.48. The molecule has 0 spiro atoms. The number of aromatic hydroxyl groups is 1. The topological polar surface area (TPSA) is 122 Å². The molecule has 1 aliphatic rings. The summed E-state index contributed by atoms with van der Waals surface area (Å²) in [5.41, 5.74) is -0.0327. The Morgan fingerprint density at radius 2 is 1.92 bits per heavy atom. The second-order valence-corrected chi connectivity index (χ2v) is 9.56. The fraction of sp³-hybridized carbons (Fsp3) is 0.400. The monoisotopic (exact) mass is 519 g/mol. The summed E-state index contributed by atoms with van der Waals surface area (Å²) in [6.07, 6.45) is -4.83. The van der Waals surface area contributed by atoms with Gasteiger partial charge in [0, 0.05) is 35.8 Å². The van der Waals surface area contributed by atoms with Gasteiger partial charge in [-0.2, -0.15) is 18.3 Å². The summed E-state index contributed by atoms with van der Waals surface area (Å²) < 4.78 is 45.6. The van der Waals surface area contributed by atoms with Crippen LogP contribution in [0.2, 0.25) is 0 Å². The molecule has 0 bridgehead atoms. The molecule has 2 aromatic carbocycles. The van der Waals surface area contributed by atoms with E-state index in [1.807, 2.05) is 13.8 Å². The van der Waals surface area contributed by atoms with Gasteiger partial charge in [-0.25, -0.2) is 9.67 Å². The molecular weight excluding hydrogens is 491 g/mol. The minimum absolute atomic E-state index is 0.108. The number of halogens is 3. The fourth-order valence-corrected chi connectivity index (χ4v) is 3.98. The van der Waals surface area contributed by atoms with Crippen LogP contribution in [0.5, 0.6) is 11.5 Å². The number of amides is 1. The number of benzene rings is 2. The number of hydrogen-bond donors (Lipinski definition) is 4. The van der Waals surface area contributed by atoms with Crippen molar-refractivity contribution in [3.63, 3.8) is 0 Å². The van der Waals surface area contributed by atoms with Crippen LogP contribution in [0.3, 0.4) is 0 Å². The highest BCUT2D eigenvalue weighted by Crippen LogP contribution is 2.39. The molecule has 12 heteroatoms. The van der Waals surface area contributed by atoms with Crippen molar-refractivity contribution < 1.29 is 32.9 Å². The van der Waals surface area contributed by atoms with Gasteiger partial charge in [-0.15, -0.1) is 0 Å². The maximum absolute atomic E-state index is 12.8. The maximum Gasteiger partial charge on any atom is 0.416 e. The van der Waals surface area contributed by atoms with Crippen molar-refractivity contribution in [2.45, 2.75) is 51.6 Å². The predicted molar refractivity (Wildman–Crippen MR) is 129 cm³/mol. The Kier molecular flexibility index (Phi) is 7.16. The second kappa shape index (κ2) is 10.0. The van der Waals surface area contributed by atoms with Gasteiger partial charge in [-0.05, 0) is 45.4 Å². The second-order valence-electron chi connectivity index (χ2n) is 9.56. The first-order chi connectivity index (χ1) is 17.3. The quantitative estimate of drug-likeness (QED) is 0.357. The van der Waals surface area contributed by atoms with Crippen LogP contribution in [0.1, 0.15) is 43.3 Å². The molecule has 0 aliphatic carbocycles. The number of aromatic nitrogens is 3. The molecule has 1 amide bonds. The Balaban J connectivity index is 1.38. The molecule has 3 aromatic rings. The molecule has 1 unspecified atom stereocenters. The van der Waals surface area contributed by atoms with E-state index in [2.05, 4.69) is 20.7 Å². The van der Waals surface area contributed by atoms with Crippen LogP contribution in [0.15, 0.2) is 36.4 Å². The molecule has 4 N–H and O–H groups in total. The van der Waals surface area contributed by atoms with Gasteiger partial charge in [0.2, 0.25) is 0 Å². The molecule has 2 heterocycles. The lowest BCUT2D eigenvalue weighted by atomic mass is 9.99. The Bertz CT molecular complexity index is 1290. The van der Waals surface area contributed by atoms with Crippen molar-refractivity contribution in [1.82, 2.24) is 20.1 Å². The number of fused-ring (bicyclic) bond motifs is 1. The van der Waals surface area contributed by atoms with Crippen molar-refractivity contribution >= 4 is 11.6 Å². The SMILES string of the molecule is Cc1nc(-c2ccc(C(F)(F)F)cc2)nn1CCC(C)(C)NCC(O)c1cc(O)cc2c1OCC(=O)N2. The number of aliphatic hydroxyl groups excluding tert-OH is 1. The molecule has 9 nitrogen and oxygen atoms in total. The summed E-state index contributed by atoms with van der Waals surface area (Å²) in [5, 5.41) is 31.2. The van der Waals surface area contributed by atoms with Crippen LogP contribution in [-0.4, -0.2) is 49.6 Å². The van der Waals surface area contributed by atoms with Gasteiger partial charge in [0.05, 0.1) is 17.4 Å². The van der Waals surface area contributed by atoms with E-state index in [0.29, 0.717) is 47.2 Å². The molecule has 37 heavy (non-hydrogen) atoms. The van der Waals surface area contributed by atoms with E-state index in [0.717, 1.165) is 12.1 Å². The number of nitrogens with zero attached hydrogens (tertiary/aromatic N) is 3. The van der Waals surface area contributed by atoms with Crippen LogP contribution < -0.4 is 15.4 Å². The first kappa shape index (κ1) is 26.4. The smallest absolute Gasteiger partial charge is 0.416 e. The highest BCUT2D eigenvalue weighted by Gasteiger charge is 2.30. The van der Waals surface area contributed by atoms with E-state index in [4.69, 9.17) is 4.74 Å². The molecular formula is C25H28F3N5O4. The molecule has 0 saturated heterocycles. The lowest BCUT2D eigenvalue weighted by molar-refractivity contribution is -0.137. The van der Waals surface area contributed by atoms with Gasteiger partial charge < -0.3 is 25.6 Å². The Morgan fingerprint density at radius 3 is 2.59 bits per heavy atom. The number of ether oxygens (including phenoxy) is 1. The minimum Gasteiger partial charge on any atom is -0.508 e. The molecule has 1 atom stereocenters. The summed E-state index contributed by atoms with van der Waals surface area (Å²) in [7, 11) is 0. The molecule has 1 aromatic heterocycles. The van der Waals surface area contributed by atoms with Crippen LogP contribution in [-0.2, 0) is 17.5 Å². The Hall–Kier alpha value is -3.64. The number of aliphatic hydroxyl groups is 1. The highest BCUT2D eigenvalue weighted by atomic mass is 19.4. The van der Waals surface area contributed by atoms with Gasteiger partial charge in [0.1, 0.15) is 17.3 Å². The average molecular weight is 520 g/mol. The van der Waals surface area contributed by atoms with E-state index in [9.17, 15) is 28.2 Å². The number of β-amino-alcohol motifs (C(OH)–C–C–N with tert-alkyl or cyclic N) is 1. The number of nitrogens with one attached hydrogen (secondary N) is 2. The number of phenolic OH excluding ortho intramolecular Hbond substituents is 1. The number of rotatable bonds is 8. The van der Waals surface area contributed by atoms with Gasteiger partial charge in [0.25, 0.3) is 5.91 Å². The molecule has 4 rings (SSSR count). The first-order valence-electron chi connectivity index (χ1n) is 11.6. The largest absolute Gasteiger partial charge is 0.508 e. The summed E-state index contributed by atoms with van der Waals surface area (Å²) >= 11 is 0. The van der Waals surface area contributed by atoms with Gasteiger partial charge in [0.15, 0.2) is 12.4 Å². The number of carbonyl (C=O) groups is 1. The van der Waals surface area contributed by atoms with E-state index in [1.165, 1.54) is 24.3 Å². The van der Waals surface area contributed by atoms with Gasteiger partial charge in [-0.1, -0.05) is 12.1 Å². The van der Waals surface area contributed by atoms with E-state index < -0.39 is 23.4 Å². The average Bonchev–Trinajstić information content (AvgIpc) is 3.20. The lowest BCUT2D eigenvalue weighted by Crippen LogP contribution is -2.42. The van der Waals surface area contributed by atoms with E-state index in [1.54, 1.807) is 11.6 Å². The van der Waals surface area contributed by atoms with Crippen LogP contribution >= 0.6 is 0 Å². The highest BCUT2D eigenvalue weighted by molar-refractivity contribution is 5.96. The zero-order chi connectivity index (χ0) is 27.0.